The minimum Gasteiger partial charge on any atom is -0.381 e. The number of anilines is 1. The van der Waals surface area contributed by atoms with Crippen LogP contribution in [0.25, 0.3) is 0 Å². The van der Waals surface area contributed by atoms with Gasteiger partial charge in [-0.25, -0.2) is 4.99 Å². The van der Waals surface area contributed by atoms with Gasteiger partial charge in [-0.05, 0) is 61.1 Å². The molecule has 1 aliphatic heterocycles. The van der Waals surface area contributed by atoms with E-state index in [4.69, 9.17) is 15.2 Å². The second kappa shape index (κ2) is 9.53. The third-order valence-electron chi connectivity index (χ3n) is 4.86. The maximum absolute atomic E-state index is 6.04. The van der Waals surface area contributed by atoms with Gasteiger partial charge in [0.05, 0.1) is 19.3 Å². The van der Waals surface area contributed by atoms with Crippen LogP contribution in [0, 0.1) is 13.8 Å². The topological polar surface area (TPSA) is 68.9 Å². The Hall–Kier alpha value is -2.37. The van der Waals surface area contributed by atoms with Gasteiger partial charge >= 0.3 is 0 Å². The first kappa shape index (κ1) is 19.4. The number of nitrogens with one attached hydrogen (secondary N) is 1. The maximum Gasteiger partial charge on any atom is 0.193 e. The molecule has 2 aromatic carbocycles. The summed E-state index contributed by atoms with van der Waals surface area (Å²) in [5.41, 5.74) is 11.8. The number of hydrogen-bond donors (Lipinski definition) is 2. The number of ether oxygens (including phenoxy) is 2. The first-order chi connectivity index (χ1) is 13.1. The summed E-state index contributed by atoms with van der Waals surface area (Å²) in [5.74, 6) is 0.419. The van der Waals surface area contributed by atoms with Crippen molar-refractivity contribution in [2.75, 3.05) is 18.5 Å². The van der Waals surface area contributed by atoms with E-state index >= 15 is 0 Å². The van der Waals surface area contributed by atoms with Crippen LogP contribution in [0.3, 0.4) is 0 Å². The number of hydrogen-bond acceptors (Lipinski definition) is 3. The van der Waals surface area contributed by atoms with E-state index in [1.807, 2.05) is 12.1 Å². The molecule has 0 aromatic heterocycles. The van der Waals surface area contributed by atoms with E-state index in [0.717, 1.165) is 42.9 Å². The highest BCUT2D eigenvalue weighted by molar-refractivity contribution is 5.92. The molecule has 0 saturated carbocycles. The van der Waals surface area contributed by atoms with Gasteiger partial charge in [-0.15, -0.1) is 0 Å². The molecule has 3 rings (SSSR count). The first-order valence-electron chi connectivity index (χ1n) is 9.51. The van der Waals surface area contributed by atoms with Crippen molar-refractivity contribution in [2.45, 2.75) is 45.9 Å². The van der Waals surface area contributed by atoms with Crippen molar-refractivity contribution in [1.82, 2.24) is 0 Å². The Kier molecular flexibility index (Phi) is 6.85. The molecule has 1 saturated heterocycles. The third-order valence-corrected chi connectivity index (χ3v) is 4.86. The number of benzene rings is 2. The molecule has 0 amide bonds. The number of aliphatic imine (C=N–C) groups is 1. The minimum absolute atomic E-state index is 0.304. The van der Waals surface area contributed by atoms with Crippen molar-refractivity contribution in [3.63, 3.8) is 0 Å². The molecular weight excluding hydrogens is 338 g/mol. The van der Waals surface area contributed by atoms with Gasteiger partial charge in [0.25, 0.3) is 0 Å². The lowest BCUT2D eigenvalue weighted by Crippen LogP contribution is -2.23. The van der Waals surface area contributed by atoms with Gasteiger partial charge in [-0.1, -0.05) is 30.3 Å². The van der Waals surface area contributed by atoms with Crippen LogP contribution in [0.1, 0.15) is 35.1 Å². The monoisotopic (exact) mass is 367 g/mol. The maximum atomic E-state index is 6.04. The summed E-state index contributed by atoms with van der Waals surface area (Å²) >= 11 is 0. The summed E-state index contributed by atoms with van der Waals surface area (Å²) in [6, 6.07) is 14.5. The fourth-order valence-corrected chi connectivity index (χ4v) is 3.06. The first-order valence-corrected chi connectivity index (χ1v) is 9.51. The predicted molar refractivity (Wildman–Crippen MR) is 110 cm³/mol. The fraction of sp³-hybridized carbons (Fsp3) is 0.409. The summed E-state index contributed by atoms with van der Waals surface area (Å²) in [6.45, 7) is 6.93. The van der Waals surface area contributed by atoms with Crippen LogP contribution in [0.15, 0.2) is 47.5 Å². The molecule has 3 N–H and O–H groups in total. The van der Waals surface area contributed by atoms with Crippen molar-refractivity contribution in [1.29, 1.82) is 0 Å². The molecule has 2 aromatic rings. The molecule has 144 valence electrons. The Morgan fingerprint density at radius 3 is 2.67 bits per heavy atom. The van der Waals surface area contributed by atoms with Crippen LogP contribution >= 0.6 is 0 Å². The Labute approximate surface area is 161 Å². The lowest BCUT2D eigenvalue weighted by Gasteiger charge is -2.22. The highest BCUT2D eigenvalue weighted by Gasteiger charge is 2.13. The van der Waals surface area contributed by atoms with Gasteiger partial charge in [0.1, 0.15) is 0 Å². The number of nitrogens with zero attached hydrogens (tertiary/aromatic N) is 1. The molecule has 0 spiro atoms. The van der Waals surface area contributed by atoms with E-state index in [-0.39, 0.29) is 0 Å². The lowest BCUT2D eigenvalue weighted by molar-refractivity contribution is -0.0390. The highest BCUT2D eigenvalue weighted by Crippen LogP contribution is 2.16. The van der Waals surface area contributed by atoms with Crippen LogP contribution in [0.2, 0.25) is 0 Å². The molecule has 5 nitrogen and oxygen atoms in total. The Morgan fingerprint density at radius 1 is 1.11 bits per heavy atom. The molecule has 1 aliphatic rings. The lowest BCUT2D eigenvalue weighted by atomic mass is 10.1. The number of nitrogens with two attached hydrogens (primary N) is 1. The molecular formula is C22H29N3O2. The van der Waals surface area contributed by atoms with E-state index in [1.54, 1.807) is 0 Å². The Morgan fingerprint density at radius 2 is 1.89 bits per heavy atom. The third kappa shape index (κ3) is 6.08. The zero-order valence-corrected chi connectivity index (χ0v) is 16.2. The van der Waals surface area contributed by atoms with E-state index in [9.17, 15) is 0 Å². The van der Waals surface area contributed by atoms with Crippen LogP contribution < -0.4 is 11.1 Å². The Balaban J connectivity index is 1.53. The zero-order chi connectivity index (χ0) is 19.1. The minimum atomic E-state index is 0.304. The van der Waals surface area contributed by atoms with Crippen molar-refractivity contribution in [3.05, 3.63) is 64.7 Å². The SMILES string of the molecule is Cc1ccc(NC(N)=NCc2cccc(COC3CCOCC3)c2)cc1C. The molecule has 0 aliphatic carbocycles. The van der Waals surface area contributed by atoms with Crippen molar-refractivity contribution in [3.8, 4) is 0 Å². The van der Waals surface area contributed by atoms with Crippen LogP contribution in [0.4, 0.5) is 5.69 Å². The summed E-state index contributed by atoms with van der Waals surface area (Å²) in [4.78, 5) is 4.46. The van der Waals surface area contributed by atoms with E-state index in [1.165, 1.54) is 11.1 Å². The molecule has 0 atom stereocenters. The van der Waals surface area contributed by atoms with Crippen LogP contribution in [0.5, 0.6) is 0 Å². The van der Waals surface area contributed by atoms with Gasteiger partial charge in [0, 0.05) is 18.9 Å². The highest BCUT2D eigenvalue weighted by atomic mass is 16.5. The number of aryl methyl sites for hydroxylation is 2. The largest absolute Gasteiger partial charge is 0.381 e. The second-order valence-corrected chi connectivity index (χ2v) is 7.07. The second-order valence-electron chi connectivity index (χ2n) is 7.07. The average molecular weight is 367 g/mol. The summed E-state index contributed by atoms with van der Waals surface area (Å²) in [7, 11) is 0. The molecule has 27 heavy (non-hydrogen) atoms. The van der Waals surface area contributed by atoms with E-state index < -0.39 is 0 Å². The standard InChI is InChI=1S/C22H29N3O2/c1-16-6-7-20(12-17(16)2)25-22(23)24-14-18-4-3-5-19(13-18)15-27-21-8-10-26-11-9-21/h3-7,12-13,21H,8-11,14-15H2,1-2H3,(H3,23,24,25). The molecule has 1 heterocycles. The molecule has 5 heteroatoms. The summed E-state index contributed by atoms with van der Waals surface area (Å²) in [5, 5.41) is 3.15. The van der Waals surface area contributed by atoms with Gasteiger partial charge in [0.2, 0.25) is 0 Å². The van der Waals surface area contributed by atoms with Gasteiger partial charge in [-0.3, -0.25) is 0 Å². The van der Waals surface area contributed by atoms with Gasteiger partial charge < -0.3 is 20.5 Å². The Bertz CT molecular complexity index is 783. The average Bonchev–Trinajstić information content (AvgIpc) is 2.69. The fourth-order valence-electron chi connectivity index (χ4n) is 3.06. The molecule has 0 radical (unpaired) electrons. The van der Waals surface area contributed by atoms with E-state index in [0.29, 0.717) is 25.2 Å². The zero-order valence-electron chi connectivity index (χ0n) is 16.2. The number of guanidine groups is 1. The summed E-state index contributed by atoms with van der Waals surface area (Å²) < 4.78 is 11.4. The van der Waals surface area contributed by atoms with Crippen molar-refractivity contribution in [2.24, 2.45) is 10.7 Å². The molecule has 1 fully saturated rings. The van der Waals surface area contributed by atoms with Crippen molar-refractivity contribution < 1.29 is 9.47 Å². The normalized spacial score (nSPS) is 15.7. The van der Waals surface area contributed by atoms with Crippen LogP contribution in [-0.2, 0) is 22.6 Å². The summed E-state index contributed by atoms with van der Waals surface area (Å²) in [6.07, 6.45) is 2.26. The quantitative estimate of drug-likeness (QED) is 0.600. The molecule has 0 unspecified atom stereocenters. The predicted octanol–water partition coefficient (Wildman–Crippen LogP) is 3.93. The smallest absolute Gasteiger partial charge is 0.193 e. The van der Waals surface area contributed by atoms with Crippen LogP contribution in [-0.4, -0.2) is 25.3 Å². The van der Waals surface area contributed by atoms with Gasteiger partial charge in [0.15, 0.2) is 5.96 Å². The molecule has 0 bridgehead atoms. The number of rotatable bonds is 6. The van der Waals surface area contributed by atoms with Gasteiger partial charge in [-0.2, -0.15) is 0 Å². The van der Waals surface area contributed by atoms with Crippen molar-refractivity contribution >= 4 is 11.6 Å². The van der Waals surface area contributed by atoms with E-state index in [2.05, 4.69) is 54.5 Å².